The van der Waals surface area contributed by atoms with Crippen LogP contribution in [0.5, 0.6) is 0 Å². The minimum Gasteiger partial charge on any atom is -0.446 e. The highest BCUT2D eigenvalue weighted by molar-refractivity contribution is 5.95. The van der Waals surface area contributed by atoms with Gasteiger partial charge in [0.25, 0.3) is 0 Å². The lowest BCUT2D eigenvalue weighted by atomic mass is 9.90. The zero-order valence-corrected chi connectivity index (χ0v) is 13.6. The maximum atomic E-state index is 13.0. The van der Waals surface area contributed by atoms with Gasteiger partial charge in [0.05, 0.1) is 12.5 Å². The smallest absolute Gasteiger partial charge is 0.417 e. The molecule has 0 radical (unpaired) electrons. The number of imide groups is 1. The molecule has 1 aliphatic heterocycles. The van der Waals surface area contributed by atoms with E-state index in [0.717, 1.165) is 5.56 Å². The number of rotatable bonds is 7. The van der Waals surface area contributed by atoms with E-state index < -0.39 is 12.0 Å². The number of benzene rings is 1. The van der Waals surface area contributed by atoms with Gasteiger partial charge in [0, 0.05) is 7.11 Å². The monoisotopic (exact) mass is 317 g/mol. The molecular formula is C18H23NO4. The van der Waals surface area contributed by atoms with Crippen molar-refractivity contribution in [2.75, 3.05) is 20.3 Å². The molecule has 0 spiro atoms. The number of carbonyl (C=O) groups is 2. The Hall–Kier alpha value is -2.14. The van der Waals surface area contributed by atoms with Gasteiger partial charge in [-0.2, -0.15) is 0 Å². The second-order valence-electron chi connectivity index (χ2n) is 5.78. The molecule has 2 amide bonds. The predicted octanol–water partition coefficient (Wildman–Crippen LogP) is 3.18. The summed E-state index contributed by atoms with van der Waals surface area (Å²) in [5, 5.41) is 0. The lowest BCUT2D eigenvalue weighted by Gasteiger charge is -2.27. The topological polar surface area (TPSA) is 55.8 Å². The number of methoxy groups -OCH3 is 1. The first-order valence-corrected chi connectivity index (χ1v) is 7.74. The van der Waals surface area contributed by atoms with E-state index in [2.05, 4.69) is 6.58 Å². The van der Waals surface area contributed by atoms with E-state index in [1.165, 1.54) is 4.90 Å². The van der Waals surface area contributed by atoms with Gasteiger partial charge in [0.1, 0.15) is 12.6 Å². The molecule has 5 heteroatoms. The molecule has 3 atom stereocenters. The van der Waals surface area contributed by atoms with Crippen molar-refractivity contribution >= 4 is 12.0 Å². The number of carbonyl (C=O) groups excluding carboxylic acids is 2. The SMILES string of the molecule is C=CCC(C)C(COC)C(=O)N1C(=O)OC[C@H]1c1ccccc1. The molecule has 124 valence electrons. The number of cyclic esters (lactones) is 1. The minimum atomic E-state index is -0.587. The van der Waals surface area contributed by atoms with Gasteiger partial charge in [0.15, 0.2) is 0 Å². The van der Waals surface area contributed by atoms with Crippen LogP contribution in [0.15, 0.2) is 43.0 Å². The highest BCUT2D eigenvalue weighted by Crippen LogP contribution is 2.31. The first-order chi connectivity index (χ1) is 11.1. The maximum absolute atomic E-state index is 13.0. The Morgan fingerprint density at radius 2 is 2.17 bits per heavy atom. The largest absolute Gasteiger partial charge is 0.446 e. The average molecular weight is 317 g/mol. The van der Waals surface area contributed by atoms with Gasteiger partial charge in [-0.25, -0.2) is 9.69 Å². The lowest BCUT2D eigenvalue weighted by molar-refractivity contribution is -0.137. The van der Waals surface area contributed by atoms with Crippen molar-refractivity contribution in [1.82, 2.24) is 4.90 Å². The Morgan fingerprint density at radius 3 is 2.78 bits per heavy atom. The fraction of sp³-hybridized carbons (Fsp3) is 0.444. The van der Waals surface area contributed by atoms with E-state index in [1.54, 1.807) is 13.2 Å². The van der Waals surface area contributed by atoms with Crippen LogP contribution in [0, 0.1) is 11.8 Å². The van der Waals surface area contributed by atoms with E-state index in [0.29, 0.717) is 6.42 Å². The molecule has 2 unspecified atom stereocenters. The van der Waals surface area contributed by atoms with Crippen molar-refractivity contribution < 1.29 is 19.1 Å². The second-order valence-corrected chi connectivity index (χ2v) is 5.78. The number of nitrogens with zero attached hydrogens (tertiary/aromatic N) is 1. The van der Waals surface area contributed by atoms with Gasteiger partial charge in [-0.1, -0.05) is 43.3 Å². The van der Waals surface area contributed by atoms with Crippen molar-refractivity contribution in [3.63, 3.8) is 0 Å². The highest BCUT2D eigenvalue weighted by atomic mass is 16.6. The molecule has 0 bridgehead atoms. The Morgan fingerprint density at radius 1 is 1.48 bits per heavy atom. The number of hydrogen-bond acceptors (Lipinski definition) is 4. The number of allylic oxidation sites excluding steroid dienone is 1. The number of ether oxygens (including phenoxy) is 2. The molecule has 0 saturated carbocycles. The van der Waals surface area contributed by atoms with Crippen LogP contribution in [0.1, 0.15) is 24.9 Å². The summed E-state index contributed by atoms with van der Waals surface area (Å²) in [4.78, 5) is 26.3. The predicted molar refractivity (Wildman–Crippen MR) is 86.7 cm³/mol. The quantitative estimate of drug-likeness (QED) is 0.725. The van der Waals surface area contributed by atoms with Crippen molar-refractivity contribution in [3.8, 4) is 0 Å². The summed E-state index contributed by atoms with van der Waals surface area (Å²) < 4.78 is 10.3. The van der Waals surface area contributed by atoms with Crippen molar-refractivity contribution in [3.05, 3.63) is 48.6 Å². The molecular weight excluding hydrogens is 294 g/mol. The summed E-state index contributed by atoms with van der Waals surface area (Å²) in [5.41, 5.74) is 0.888. The highest BCUT2D eigenvalue weighted by Gasteiger charge is 2.42. The molecule has 5 nitrogen and oxygen atoms in total. The molecule has 1 heterocycles. The number of hydrogen-bond donors (Lipinski definition) is 0. The van der Waals surface area contributed by atoms with E-state index in [9.17, 15) is 9.59 Å². The fourth-order valence-corrected chi connectivity index (χ4v) is 2.85. The van der Waals surface area contributed by atoms with Gasteiger partial charge in [-0.3, -0.25) is 4.79 Å². The summed E-state index contributed by atoms with van der Waals surface area (Å²) in [6.07, 6.45) is 1.87. The van der Waals surface area contributed by atoms with Gasteiger partial charge in [-0.05, 0) is 17.9 Å². The van der Waals surface area contributed by atoms with Gasteiger partial charge in [-0.15, -0.1) is 6.58 Å². The zero-order valence-electron chi connectivity index (χ0n) is 13.6. The third-order valence-corrected chi connectivity index (χ3v) is 4.18. The first kappa shape index (κ1) is 17.2. The minimum absolute atomic E-state index is 0.0322. The molecule has 0 aromatic heterocycles. The summed E-state index contributed by atoms with van der Waals surface area (Å²) in [6.45, 7) is 6.13. The Kier molecular flexibility index (Phi) is 5.93. The molecule has 23 heavy (non-hydrogen) atoms. The molecule has 0 N–H and O–H groups in total. The van der Waals surface area contributed by atoms with Crippen LogP contribution in [-0.2, 0) is 14.3 Å². The molecule has 1 aromatic rings. The van der Waals surface area contributed by atoms with Crippen LogP contribution in [0.4, 0.5) is 4.79 Å². The van der Waals surface area contributed by atoms with Crippen LogP contribution in [0.25, 0.3) is 0 Å². The van der Waals surface area contributed by atoms with Crippen LogP contribution >= 0.6 is 0 Å². The van der Waals surface area contributed by atoms with Gasteiger partial charge >= 0.3 is 6.09 Å². The molecule has 1 aliphatic rings. The third-order valence-electron chi connectivity index (χ3n) is 4.18. The Bertz CT molecular complexity index is 557. The van der Waals surface area contributed by atoms with E-state index in [4.69, 9.17) is 9.47 Å². The normalized spacial score (nSPS) is 20.0. The molecule has 1 fully saturated rings. The fourth-order valence-electron chi connectivity index (χ4n) is 2.85. The maximum Gasteiger partial charge on any atom is 0.417 e. The standard InChI is InChI=1S/C18H23NO4/c1-4-8-13(2)15(11-22-3)17(20)19-16(12-23-18(19)21)14-9-6-5-7-10-14/h4-7,9-10,13,15-16H,1,8,11-12H2,2-3H3/t13?,15?,16-/m0/s1. The summed E-state index contributed by atoms with van der Waals surface area (Å²) in [6, 6.07) is 9.07. The van der Waals surface area contributed by atoms with Crippen LogP contribution < -0.4 is 0 Å². The van der Waals surface area contributed by atoms with Crippen molar-refractivity contribution in [2.45, 2.75) is 19.4 Å². The molecule has 1 aromatic carbocycles. The summed E-state index contributed by atoms with van der Waals surface area (Å²) >= 11 is 0. The van der Waals surface area contributed by atoms with Gasteiger partial charge in [0.2, 0.25) is 5.91 Å². The Balaban J connectivity index is 2.25. The zero-order chi connectivity index (χ0) is 16.8. The summed E-state index contributed by atoms with van der Waals surface area (Å²) in [7, 11) is 1.55. The Labute approximate surface area is 136 Å². The van der Waals surface area contributed by atoms with Crippen molar-refractivity contribution in [2.24, 2.45) is 11.8 Å². The van der Waals surface area contributed by atoms with Crippen LogP contribution in [0.2, 0.25) is 0 Å². The molecule has 2 rings (SSSR count). The number of amides is 2. The lowest BCUT2D eigenvalue weighted by Crippen LogP contribution is -2.42. The molecule has 0 aliphatic carbocycles. The van der Waals surface area contributed by atoms with E-state index >= 15 is 0 Å². The second kappa shape index (κ2) is 7.92. The van der Waals surface area contributed by atoms with Gasteiger partial charge < -0.3 is 9.47 Å². The van der Waals surface area contributed by atoms with E-state index in [1.807, 2.05) is 37.3 Å². The van der Waals surface area contributed by atoms with Crippen LogP contribution in [0.3, 0.4) is 0 Å². The van der Waals surface area contributed by atoms with E-state index in [-0.39, 0.29) is 31.1 Å². The molecule has 1 saturated heterocycles. The van der Waals surface area contributed by atoms with Crippen LogP contribution in [-0.4, -0.2) is 37.2 Å². The summed E-state index contributed by atoms with van der Waals surface area (Å²) in [5.74, 6) is -0.628. The first-order valence-electron chi connectivity index (χ1n) is 7.74. The third kappa shape index (κ3) is 3.79. The average Bonchev–Trinajstić information content (AvgIpc) is 2.94. The van der Waals surface area contributed by atoms with Crippen molar-refractivity contribution in [1.29, 1.82) is 0 Å².